The zero-order chi connectivity index (χ0) is 18.4. The third kappa shape index (κ3) is 4.85. The van der Waals surface area contributed by atoms with Crippen molar-refractivity contribution in [3.05, 3.63) is 65.7 Å². The van der Waals surface area contributed by atoms with Crippen LogP contribution in [0, 0.1) is 0 Å². The van der Waals surface area contributed by atoms with E-state index in [0.717, 1.165) is 43.9 Å². The van der Waals surface area contributed by atoms with Crippen molar-refractivity contribution >= 4 is 11.6 Å². The van der Waals surface area contributed by atoms with Crippen molar-refractivity contribution in [2.45, 2.75) is 38.8 Å². The number of aryl methyl sites for hydroxylation is 1. The quantitative estimate of drug-likeness (QED) is 0.841. The van der Waals surface area contributed by atoms with Crippen LogP contribution in [-0.2, 0) is 17.8 Å². The summed E-state index contributed by atoms with van der Waals surface area (Å²) in [5.41, 5.74) is 9.16. The van der Waals surface area contributed by atoms with Gasteiger partial charge in [0.25, 0.3) is 0 Å². The summed E-state index contributed by atoms with van der Waals surface area (Å²) in [6, 6.07) is 18.9. The van der Waals surface area contributed by atoms with Crippen molar-refractivity contribution in [2.24, 2.45) is 0 Å². The van der Waals surface area contributed by atoms with Crippen LogP contribution >= 0.6 is 0 Å². The van der Waals surface area contributed by atoms with E-state index in [-0.39, 0.29) is 5.91 Å². The Morgan fingerprint density at radius 1 is 1.04 bits per heavy atom. The molecule has 3 rings (SSSR count). The maximum Gasteiger partial charge on any atom is 0.222 e. The second kappa shape index (κ2) is 8.86. The number of anilines is 1. The van der Waals surface area contributed by atoms with E-state index >= 15 is 0 Å². The van der Waals surface area contributed by atoms with Crippen molar-refractivity contribution in [2.75, 3.05) is 25.4 Å². The number of hydrogen-bond acceptors (Lipinski definition) is 3. The normalized spacial score (nSPS) is 18.5. The molecule has 1 amide bonds. The summed E-state index contributed by atoms with van der Waals surface area (Å²) in [4.78, 5) is 17.2. The van der Waals surface area contributed by atoms with E-state index in [1.54, 1.807) is 0 Å². The fourth-order valence-corrected chi connectivity index (χ4v) is 3.57. The molecule has 26 heavy (non-hydrogen) atoms. The molecule has 2 N–H and O–H groups in total. The van der Waals surface area contributed by atoms with E-state index < -0.39 is 0 Å². The molecule has 0 bridgehead atoms. The summed E-state index contributed by atoms with van der Waals surface area (Å²) in [5.74, 6) is 0.238. The number of nitrogen functional groups attached to an aromatic ring is 1. The first-order chi connectivity index (χ1) is 12.6. The number of carbonyl (C=O) groups is 1. The molecular formula is C22H29N3O. The molecule has 1 heterocycles. The van der Waals surface area contributed by atoms with Gasteiger partial charge < -0.3 is 10.6 Å². The predicted molar refractivity (Wildman–Crippen MR) is 107 cm³/mol. The lowest BCUT2D eigenvalue weighted by Crippen LogP contribution is -2.36. The summed E-state index contributed by atoms with van der Waals surface area (Å²) in [7, 11) is 0. The highest BCUT2D eigenvalue weighted by Crippen LogP contribution is 2.17. The van der Waals surface area contributed by atoms with E-state index in [1.165, 1.54) is 5.56 Å². The minimum absolute atomic E-state index is 0.238. The molecule has 0 aromatic heterocycles. The highest BCUT2D eigenvalue weighted by atomic mass is 16.2. The van der Waals surface area contributed by atoms with Gasteiger partial charge in [0.15, 0.2) is 0 Å². The highest BCUT2D eigenvalue weighted by Gasteiger charge is 2.23. The zero-order valence-electron chi connectivity index (χ0n) is 15.6. The summed E-state index contributed by atoms with van der Waals surface area (Å²) in [5, 5.41) is 0. The van der Waals surface area contributed by atoms with Gasteiger partial charge >= 0.3 is 0 Å². The van der Waals surface area contributed by atoms with Crippen LogP contribution in [0.15, 0.2) is 54.6 Å². The molecule has 138 valence electrons. The van der Waals surface area contributed by atoms with Crippen LogP contribution in [0.4, 0.5) is 5.69 Å². The number of nitrogens with two attached hydrogens (primary N) is 1. The molecular weight excluding hydrogens is 322 g/mol. The smallest absolute Gasteiger partial charge is 0.222 e. The number of rotatable bonds is 5. The lowest BCUT2D eigenvalue weighted by atomic mass is 10.1. The molecule has 1 aliphatic heterocycles. The van der Waals surface area contributed by atoms with Crippen LogP contribution < -0.4 is 5.73 Å². The van der Waals surface area contributed by atoms with Gasteiger partial charge in [0.1, 0.15) is 0 Å². The first kappa shape index (κ1) is 18.5. The van der Waals surface area contributed by atoms with Crippen LogP contribution in [0.5, 0.6) is 0 Å². The van der Waals surface area contributed by atoms with Crippen molar-refractivity contribution in [1.29, 1.82) is 0 Å². The molecule has 2 aromatic carbocycles. The highest BCUT2D eigenvalue weighted by molar-refractivity contribution is 5.76. The summed E-state index contributed by atoms with van der Waals surface area (Å²) >= 11 is 0. The maximum atomic E-state index is 12.7. The van der Waals surface area contributed by atoms with E-state index in [2.05, 4.69) is 42.2 Å². The first-order valence-corrected chi connectivity index (χ1v) is 9.52. The number of para-hydroxylation sites is 1. The lowest BCUT2D eigenvalue weighted by molar-refractivity contribution is -0.131. The van der Waals surface area contributed by atoms with Gasteiger partial charge in [-0.1, -0.05) is 48.5 Å². The minimum Gasteiger partial charge on any atom is -0.399 e. The predicted octanol–water partition coefficient (Wildman–Crippen LogP) is 3.32. The van der Waals surface area contributed by atoms with Gasteiger partial charge in [-0.3, -0.25) is 9.69 Å². The molecule has 1 saturated heterocycles. The Bertz CT molecular complexity index is 716. The fourth-order valence-electron chi connectivity index (χ4n) is 3.57. The van der Waals surface area contributed by atoms with Crippen LogP contribution in [0.3, 0.4) is 0 Å². The molecule has 4 heteroatoms. The van der Waals surface area contributed by atoms with E-state index in [9.17, 15) is 4.79 Å². The molecule has 0 aliphatic carbocycles. The Labute approximate surface area is 156 Å². The Morgan fingerprint density at radius 2 is 1.77 bits per heavy atom. The number of hydrogen-bond donors (Lipinski definition) is 1. The van der Waals surface area contributed by atoms with Gasteiger partial charge in [0.05, 0.1) is 0 Å². The molecule has 1 atom stereocenters. The monoisotopic (exact) mass is 351 g/mol. The Balaban J connectivity index is 1.53. The van der Waals surface area contributed by atoms with Crippen LogP contribution in [-0.4, -0.2) is 41.4 Å². The Morgan fingerprint density at radius 3 is 2.54 bits per heavy atom. The van der Waals surface area contributed by atoms with Gasteiger partial charge in [-0.15, -0.1) is 0 Å². The molecule has 2 aromatic rings. The fraction of sp³-hybridized carbons (Fsp3) is 0.409. The topological polar surface area (TPSA) is 49.6 Å². The number of amides is 1. The van der Waals surface area contributed by atoms with Crippen LogP contribution in [0.1, 0.15) is 30.9 Å². The molecule has 4 nitrogen and oxygen atoms in total. The molecule has 0 radical (unpaired) electrons. The molecule has 1 unspecified atom stereocenters. The second-order valence-electron chi connectivity index (χ2n) is 7.17. The average Bonchev–Trinajstić information content (AvgIpc) is 2.84. The van der Waals surface area contributed by atoms with Crippen molar-refractivity contribution in [3.63, 3.8) is 0 Å². The Hall–Kier alpha value is -2.33. The SMILES string of the molecule is CC1CCN(C(=O)CCc2ccccc2N)CCN1Cc1ccccc1. The van der Waals surface area contributed by atoms with E-state index in [4.69, 9.17) is 5.73 Å². The third-order valence-electron chi connectivity index (χ3n) is 5.34. The average molecular weight is 351 g/mol. The molecule has 0 spiro atoms. The number of nitrogens with zero attached hydrogens (tertiary/aromatic N) is 2. The number of carbonyl (C=O) groups excluding carboxylic acids is 1. The van der Waals surface area contributed by atoms with Crippen LogP contribution in [0.25, 0.3) is 0 Å². The molecule has 0 saturated carbocycles. The van der Waals surface area contributed by atoms with E-state index in [0.29, 0.717) is 18.9 Å². The zero-order valence-corrected chi connectivity index (χ0v) is 15.6. The van der Waals surface area contributed by atoms with Gasteiger partial charge in [0, 0.05) is 44.3 Å². The van der Waals surface area contributed by atoms with Gasteiger partial charge in [-0.05, 0) is 37.0 Å². The summed E-state index contributed by atoms with van der Waals surface area (Å²) in [6.07, 6.45) is 2.26. The second-order valence-corrected chi connectivity index (χ2v) is 7.17. The van der Waals surface area contributed by atoms with Gasteiger partial charge in [0.2, 0.25) is 5.91 Å². The number of benzene rings is 2. The first-order valence-electron chi connectivity index (χ1n) is 9.52. The third-order valence-corrected chi connectivity index (χ3v) is 5.34. The van der Waals surface area contributed by atoms with Crippen molar-refractivity contribution in [3.8, 4) is 0 Å². The van der Waals surface area contributed by atoms with Gasteiger partial charge in [-0.25, -0.2) is 0 Å². The summed E-state index contributed by atoms with van der Waals surface area (Å²) in [6.45, 7) is 5.79. The largest absolute Gasteiger partial charge is 0.399 e. The van der Waals surface area contributed by atoms with E-state index in [1.807, 2.05) is 29.2 Å². The van der Waals surface area contributed by atoms with Crippen molar-refractivity contribution in [1.82, 2.24) is 9.80 Å². The van der Waals surface area contributed by atoms with Crippen molar-refractivity contribution < 1.29 is 4.79 Å². The van der Waals surface area contributed by atoms with Crippen LogP contribution in [0.2, 0.25) is 0 Å². The Kier molecular flexibility index (Phi) is 6.29. The standard InChI is InChI=1S/C22H29N3O/c1-18-13-14-24(15-16-25(18)17-19-7-3-2-4-8-19)22(26)12-11-20-9-5-6-10-21(20)23/h2-10,18H,11-17,23H2,1H3. The minimum atomic E-state index is 0.238. The molecule has 1 fully saturated rings. The molecule has 1 aliphatic rings. The van der Waals surface area contributed by atoms with Gasteiger partial charge in [-0.2, -0.15) is 0 Å². The lowest BCUT2D eigenvalue weighted by Gasteiger charge is -2.26. The maximum absolute atomic E-state index is 12.7. The summed E-state index contributed by atoms with van der Waals surface area (Å²) < 4.78 is 0.